The Balaban J connectivity index is -0.00000192. The normalized spacial score (nSPS) is 20.9. The Hall–Kier alpha value is 1.25. The van der Waals surface area contributed by atoms with E-state index in [1.54, 1.807) is 7.11 Å². The average Bonchev–Trinajstić information content (AvgIpc) is 2.88. The number of nitrogens with zero attached hydrogens (tertiary/aromatic N) is 1. The van der Waals surface area contributed by atoms with E-state index in [0.29, 0.717) is 30.5 Å². The second-order valence-corrected chi connectivity index (χ2v) is 9.74. The number of hydrogen-bond acceptors (Lipinski definition) is 4. The fraction of sp³-hybridized carbons (Fsp3) is 0.765. The predicted molar refractivity (Wildman–Crippen MR) is 97.4 cm³/mol. The fourth-order valence-corrected chi connectivity index (χ4v) is 3.10. The molecule has 1 aliphatic rings. The van der Waals surface area contributed by atoms with Crippen LogP contribution < -0.4 is 5.32 Å². The van der Waals surface area contributed by atoms with Crippen LogP contribution in [0.1, 0.15) is 41.0 Å². The summed E-state index contributed by atoms with van der Waals surface area (Å²) in [6, 6.07) is -0.102. The van der Waals surface area contributed by atoms with Crippen molar-refractivity contribution in [1.82, 2.24) is 10.2 Å². The van der Waals surface area contributed by atoms with E-state index in [0.717, 1.165) is 5.70 Å². The minimum Gasteiger partial charge on any atom is -0.380 e. The zero-order chi connectivity index (χ0) is 18.9. The van der Waals surface area contributed by atoms with Crippen LogP contribution in [0.3, 0.4) is 0 Å². The van der Waals surface area contributed by atoms with E-state index < -0.39 is 12.9 Å². The van der Waals surface area contributed by atoms with Gasteiger partial charge in [0.25, 0.3) is 0 Å². The van der Waals surface area contributed by atoms with Crippen LogP contribution in [-0.2, 0) is 72.5 Å². The Morgan fingerprint density at radius 3 is 2.07 bits per heavy atom. The molecule has 1 fully saturated rings. The number of nitrogens with one attached hydrogen (secondary N) is 1. The molecule has 1 aliphatic heterocycles. The van der Waals surface area contributed by atoms with Crippen molar-refractivity contribution in [2.24, 2.45) is 11.8 Å². The number of allylic oxidation sites excluding steroid dienone is 1. The molecule has 3 unspecified atom stereocenters. The third-order valence-electron chi connectivity index (χ3n) is 5.09. The van der Waals surface area contributed by atoms with E-state index in [-0.39, 0.29) is 75.3 Å². The third-order valence-corrected chi connectivity index (χ3v) is 6.66. The summed E-state index contributed by atoms with van der Waals surface area (Å²) >= 11 is 0. The van der Waals surface area contributed by atoms with Crippen LogP contribution in [0, 0.1) is 11.8 Å². The molecule has 0 spiro atoms. The van der Waals surface area contributed by atoms with Gasteiger partial charge in [-0.2, -0.15) is 0 Å². The molecule has 1 saturated heterocycles. The van der Waals surface area contributed by atoms with Gasteiger partial charge in [-0.15, -0.1) is 0 Å². The van der Waals surface area contributed by atoms with E-state index in [2.05, 4.69) is 44.1 Å². The minimum atomic E-state index is -4.31. The Morgan fingerprint density at radius 1 is 1.22 bits per heavy atom. The Morgan fingerprint density at radius 2 is 1.70 bits per heavy atom. The molecule has 27 heavy (non-hydrogen) atoms. The van der Waals surface area contributed by atoms with Crippen molar-refractivity contribution in [3.8, 4) is 0 Å². The van der Waals surface area contributed by atoms with Gasteiger partial charge >= 0.3 is 7.60 Å². The number of ether oxygens (including phenoxy) is 1. The van der Waals surface area contributed by atoms with Crippen molar-refractivity contribution in [2.75, 3.05) is 13.7 Å². The van der Waals surface area contributed by atoms with Crippen molar-refractivity contribution in [3.05, 3.63) is 24.6 Å². The molecule has 0 amide bonds. The standard InChI is InChI=1S/C17H33N2O4P.3W/c1-11(2)12(3)14(5)19-10-15(23-8)9-16(19)13(4)18-17(6,7)24(20,21)22;;;/h11-12,15-16,18H,4-5,9-10H2,1-3,6-8H3,(H2,20,21,22);;;. The summed E-state index contributed by atoms with van der Waals surface area (Å²) in [4.78, 5) is 21.2. The zero-order valence-corrected chi connectivity index (χ0v) is 26.7. The first-order valence-corrected chi connectivity index (χ1v) is 9.94. The van der Waals surface area contributed by atoms with Crippen molar-refractivity contribution in [3.63, 3.8) is 0 Å². The van der Waals surface area contributed by atoms with Crippen LogP contribution in [0.4, 0.5) is 0 Å². The van der Waals surface area contributed by atoms with Gasteiger partial charge in [-0.1, -0.05) is 33.9 Å². The van der Waals surface area contributed by atoms with E-state index in [9.17, 15) is 14.4 Å². The molecule has 0 radical (unpaired) electrons. The molecular formula is C17H33N2O4PW3. The van der Waals surface area contributed by atoms with Gasteiger partial charge in [0.2, 0.25) is 0 Å². The van der Waals surface area contributed by atoms with Gasteiger partial charge in [0.05, 0.1) is 12.1 Å². The van der Waals surface area contributed by atoms with Gasteiger partial charge in [-0.05, 0) is 25.7 Å². The summed E-state index contributed by atoms with van der Waals surface area (Å²) < 4.78 is 17.2. The van der Waals surface area contributed by atoms with E-state index in [4.69, 9.17) is 4.74 Å². The molecule has 0 aliphatic carbocycles. The first-order chi connectivity index (χ1) is 10.8. The van der Waals surface area contributed by atoms with Crippen molar-refractivity contribution in [2.45, 2.75) is 58.5 Å². The van der Waals surface area contributed by atoms with Gasteiger partial charge in [0, 0.05) is 94.7 Å². The first kappa shape index (κ1) is 32.9. The molecule has 0 saturated carbocycles. The van der Waals surface area contributed by atoms with Gasteiger partial charge in [0.1, 0.15) is 5.28 Å². The minimum absolute atomic E-state index is 0. The molecule has 0 aromatic carbocycles. The number of rotatable bonds is 8. The van der Waals surface area contributed by atoms with E-state index in [1.165, 1.54) is 13.8 Å². The number of hydrogen-bond donors (Lipinski definition) is 3. The Bertz CT molecular complexity index is 540. The molecule has 3 N–H and O–H groups in total. The van der Waals surface area contributed by atoms with Crippen LogP contribution in [0.2, 0.25) is 0 Å². The number of likely N-dealkylation sites (tertiary alicyclic amines) is 1. The SMILES string of the molecule is C=C(NC(C)(C)P(=O)(O)O)C1CC(OC)CN1C(=C)C(C)C(C)C.[W].[W].[W]. The first-order valence-electron chi connectivity index (χ1n) is 8.32. The maximum absolute atomic E-state index is 11.7. The van der Waals surface area contributed by atoms with Crippen molar-refractivity contribution in [1.29, 1.82) is 0 Å². The summed E-state index contributed by atoms with van der Waals surface area (Å²) in [7, 11) is -2.63. The van der Waals surface area contributed by atoms with Crippen LogP contribution in [0.5, 0.6) is 0 Å². The molecule has 1 heterocycles. The predicted octanol–water partition coefficient (Wildman–Crippen LogP) is 2.89. The monoisotopic (exact) mass is 912 g/mol. The average molecular weight is 912 g/mol. The van der Waals surface area contributed by atoms with E-state index >= 15 is 0 Å². The zero-order valence-electron chi connectivity index (χ0n) is 17.0. The molecule has 0 aromatic rings. The Kier molecular flexibility index (Phi) is 15.6. The van der Waals surface area contributed by atoms with Crippen LogP contribution in [0.15, 0.2) is 24.6 Å². The maximum atomic E-state index is 11.7. The smallest absolute Gasteiger partial charge is 0.350 e. The second kappa shape index (κ2) is 12.8. The quantitative estimate of drug-likeness (QED) is 0.326. The van der Waals surface area contributed by atoms with Gasteiger partial charge in [-0.25, -0.2) is 0 Å². The van der Waals surface area contributed by atoms with Crippen molar-refractivity contribution < 1.29 is 82.3 Å². The van der Waals surface area contributed by atoms with Gasteiger partial charge in [0.15, 0.2) is 0 Å². The summed E-state index contributed by atoms with van der Waals surface area (Å²) in [5, 5.41) is 1.57. The van der Waals surface area contributed by atoms with E-state index in [1.807, 2.05) is 0 Å². The van der Waals surface area contributed by atoms with Crippen molar-refractivity contribution >= 4 is 7.60 Å². The molecule has 10 heteroatoms. The second-order valence-electron chi connectivity index (χ2n) is 7.54. The van der Waals surface area contributed by atoms with Crippen LogP contribution in [-0.4, -0.2) is 45.8 Å². The van der Waals surface area contributed by atoms with Gasteiger partial charge in [-0.3, -0.25) is 4.57 Å². The molecule has 1 rings (SSSR count). The Labute approximate surface area is 207 Å². The molecule has 6 nitrogen and oxygen atoms in total. The molecular weight excluding hydrogens is 879 g/mol. The molecule has 0 aromatic heterocycles. The molecule has 0 bridgehead atoms. The topological polar surface area (TPSA) is 82.0 Å². The van der Waals surface area contributed by atoms with Crippen LogP contribution in [0.25, 0.3) is 0 Å². The van der Waals surface area contributed by atoms with Crippen LogP contribution >= 0.6 is 7.60 Å². The van der Waals surface area contributed by atoms with Gasteiger partial charge < -0.3 is 24.7 Å². The molecule has 158 valence electrons. The summed E-state index contributed by atoms with van der Waals surface area (Å²) in [5.41, 5.74) is 1.59. The third kappa shape index (κ3) is 8.49. The fourth-order valence-electron chi connectivity index (χ4n) is 2.81. The summed E-state index contributed by atoms with van der Waals surface area (Å²) in [5.74, 6) is 0.748. The largest absolute Gasteiger partial charge is 0.380 e. The maximum Gasteiger partial charge on any atom is 0.350 e. The summed E-state index contributed by atoms with van der Waals surface area (Å²) in [6.07, 6.45) is 0.756. The number of methoxy groups -OCH3 is 1. The molecule has 3 atom stereocenters. The summed E-state index contributed by atoms with van der Waals surface area (Å²) in [6.45, 7) is 18.4.